The molecule has 0 saturated heterocycles. The van der Waals surface area contributed by atoms with Gasteiger partial charge in [0.25, 0.3) is 11.8 Å². The molecule has 1 aliphatic heterocycles. The number of imide groups is 1. The second kappa shape index (κ2) is 8.96. The summed E-state index contributed by atoms with van der Waals surface area (Å²) in [5.74, 6) is 0.145. The van der Waals surface area contributed by atoms with E-state index in [2.05, 4.69) is 5.32 Å². The fourth-order valence-corrected chi connectivity index (χ4v) is 4.38. The number of benzene rings is 2. The summed E-state index contributed by atoms with van der Waals surface area (Å²) < 4.78 is 5.18. The molecule has 31 heavy (non-hydrogen) atoms. The maximum absolute atomic E-state index is 13.3. The Kier molecular flexibility index (Phi) is 6.11. The number of rotatable bonds is 7. The van der Waals surface area contributed by atoms with Gasteiger partial charge >= 0.3 is 0 Å². The number of ether oxygens (including phenoxy) is 1. The summed E-state index contributed by atoms with van der Waals surface area (Å²) in [7, 11) is 1.62. The van der Waals surface area contributed by atoms with Gasteiger partial charge in [-0.15, -0.1) is 11.3 Å². The molecule has 0 bridgehead atoms. The Morgan fingerprint density at radius 1 is 1.06 bits per heavy atom. The molecule has 1 N–H and O–H groups in total. The standard InChI is InChI=1S/C24H21ClN2O3S/c1-15-5-8-17(25)14-19(15)26-22-21(20-4-3-13-31-20)23(28)27(24(22)29)12-11-16-6-9-18(30-2)10-7-16/h3-10,13-14,26H,11-12H2,1-2H3. The topological polar surface area (TPSA) is 58.6 Å². The Hall–Kier alpha value is -3.09. The van der Waals surface area contributed by atoms with E-state index in [1.165, 1.54) is 16.2 Å². The lowest BCUT2D eigenvalue weighted by molar-refractivity contribution is -0.136. The summed E-state index contributed by atoms with van der Waals surface area (Å²) in [6.07, 6.45) is 0.558. The molecule has 0 saturated carbocycles. The lowest BCUT2D eigenvalue weighted by Gasteiger charge is -2.16. The minimum absolute atomic E-state index is 0.285. The normalized spacial score (nSPS) is 13.8. The van der Waals surface area contributed by atoms with Crippen LogP contribution in [0.15, 0.2) is 65.7 Å². The van der Waals surface area contributed by atoms with Crippen molar-refractivity contribution in [2.45, 2.75) is 13.3 Å². The van der Waals surface area contributed by atoms with Crippen LogP contribution in [0.3, 0.4) is 0 Å². The van der Waals surface area contributed by atoms with Crippen LogP contribution >= 0.6 is 22.9 Å². The summed E-state index contributed by atoms with van der Waals surface area (Å²) >= 11 is 7.58. The predicted octanol–water partition coefficient (Wildman–Crippen LogP) is 5.15. The number of halogens is 1. The number of nitrogens with zero attached hydrogens (tertiary/aromatic N) is 1. The lowest BCUT2D eigenvalue weighted by atomic mass is 10.1. The maximum Gasteiger partial charge on any atom is 0.278 e. The van der Waals surface area contributed by atoms with Gasteiger partial charge in [0.15, 0.2) is 0 Å². The number of carbonyl (C=O) groups excluding carboxylic acids is 2. The fourth-order valence-electron chi connectivity index (χ4n) is 3.44. The molecule has 4 rings (SSSR count). The van der Waals surface area contributed by atoms with Crippen molar-refractivity contribution < 1.29 is 14.3 Å². The van der Waals surface area contributed by atoms with Gasteiger partial charge in [-0.05, 0) is 60.2 Å². The van der Waals surface area contributed by atoms with Gasteiger partial charge in [0.1, 0.15) is 11.4 Å². The molecule has 0 atom stereocenters. The first-order chi connectivity index (χ1) is 15.0. The molecule has 1 aromatic heterocycles. The van der Waals surface area contributed by atoms with Gasteiger partial charge in [0.2, 0.25) is 0 Å². The molecule has 1 aliphatic rings. The van der Waals surface area contributed by atoms with Crippen LogP contribution in [0, 0.1) is 6.92 Å². The van der Waals surface area contributed by atoms with Gasteiger partial charge in [-0.2, -0.15) is 0 Å². The number of thiophene rings is 1. The van der Waals surface area contributed by atoms with Crippen LogP contribution in [0.5, 0.6) is 5.75 Å². The molecule has 0 aliphatic carbocycles. The van der Waals surface area contributed by atoms with E-state index in [1.807, 2.05) is 54.8 Å². The number of carbonyl (C=O) groups is 2. The summed E-state index contributed by atoms with van der Waals surface area (Å²) in [5.41, 5.74) is 3.34. The zero-order valence-corrected chi connectivity index (χ0v) is 18.7. The number of methoxy groups -OCH3 is 1. The van der Waals surface area contributed by atoms with E-state index in [-0.39, 0.29) is 17.5 Å². The van der Waals surface area contributed by atoms with Crippen molar-refractivity contribution in [3.05, 3.63) is 86.7 Å². The first-order valence-electron chi connectivity index (χ1n) is 9.78. The number of hydrogen-bond donors (Lipinski definition) is 1. The summed E-state index contributed by atoms with van der Waals surface area (Å²) in [4.78, 5) is 28.6. The molecule has 2 heterocycles. The quantitative estimate of drug-likeness (QED) is 0.503. The number of aryl methyl sites for hydroxylation is 1. The first-order valence-corrected chi connectivity index (χ1v) is 11.0. The summed E-state index contributed by atoms with van der Waals surface area (Å²) in [5, 5.41) is 5.63. The van der Waals surface area contributed by atoms with Gasteiger partial charge in [0, 0.05) is 22.1 Å². The van der Waals surface area contributed by atoms with Crippen molar-refractivity contribution in [2.75, 3.05) is 19.0 Å². The largest absolute Gasteiger partial charge is 0.497 e. The average Bonchev–Trinajstić information content (AvgIpc) is 3.37. The minimum atomic E-state index is -0.332. The molecule has 158 valence electrons. The zero-order valence-electron chi connectivity index (χ0n) is 17.1. The molecule has 7 heteroatoms. The molecule has 3 aromatic rings. The Bertz CT molecular complexity index is 1150. The van der Waals surface area contributed by atoms with Crippen molar-refractivity contribution in [1.29, 1.82) is 0 Å². The predicted molar refractivity (Wildman–Crippen MR) is 124 cm³/mol. The summed E-state index contributed by atoms with van der Waals surface area (Å²) in [6, 6.07) is 16.8. The monoisotopic (exact) mass is 452 g/mol. The Morgan fingerprint density at radius 3 is 2.52 bits per heavy atom. The van der Waals surface area contributed by atoms with E-state index in [4.69, 9.17) is 16.3 Å². The molecular formula is C24H21ClN2O3S. The van der Waals surface area contributed by atoms with Crippen molar-refractivity contribution in [3.63, 3.8) is 0 Å². The van der Waals surface area contributed by atoms with E-state index in [0.717, 1.165) is 21.8 Å². The SMILES string of the molecule is COc1ccc(CCN2C(=O)C(Nc3cc(Cl)ccc3C)=C(c3cccs3)C2=O)cc1. The minimum Gasteiger partial charge on any atom is -0.497 e. The molecule has 2 aromatic carbocycles. The second-order valence-electron chi connectivity index (χ2n) is 7.17. The van der Waals surface area contributed by atoms with Crippen LogP contribution in [-0.4, -0.2) is 30.4 Å². The molecule has 0 fully saturated rings. The van der Waals surface area contributed by atoms with E-state index in [1.54, 1.807) is 19.2 Å². The smallest absolute Gasteiger partial charge is 0.278 e. The lowest BCUT2D eigenvalue weighted by Crippen LogP contribution is -2.34. The average molecular weight is 453 g/mol. The van der Waals surface area contributed by atoms with Crippen LogP contribution in [-0.2, 0) is 16.0 Å². The van der Waals surface area contributed by atoms with E-state index in [9.17, 15) is 9.59 Å². The van der Waals surface area contributed by atoms with Crippen LogP contribution in [0.4, 0.5) is 5.69 Å². The van der Waals surface area contributed by atoms with Crippen molar-refractivity contribution in [1.82, 2.24) is 4.90 Å². The second-order valence-corrected chi connectivity index (χ2v) is 8.56. The number of hydrogen-bond acceptors (Lipinski definition) is 5. The highest BCUT2D eigenvalue weighted by Gasteiger charge is 2.39. The highest BCUT2D eigenvalue weighted by Crippen LogP contribution is 2.34. The summed E-state index contributed by atoms with van der Waals surface area (Å²) in [6.45, 7) is 2.21. The molecule has 0 unspecified atom stereocenters. The van der Waals surface area contributed by atoms with Crippen molar-refractivity contribution in [3.8, 4) is 5.75 Å². The molecule has 2 amide bonds. The van der Waals surface area contributed by atoms with E-state index < -0.39 is 0 Å². The third kappa shape index (κ3) is 4.36. The Labute approximate surface area is 189 Å². The van der Waals surface area contributed by atoms with Crippen LogP contribution in [0.1, 0.15) is 16.0 Å². The molecular weight excluding hydrogens is 432 g/mol. The fraction of sp³-hybridized carbons (Fsp3) is 0.167. The van der Waals surface area contributed by atoms with Crippen LogP contribution in [0.2, 0.25) is 5.02 Å². The van der Waals surface area contributed by atoms with Crippen molar-refractivity contribution in [2.24, 2.45) is 0 Å². The van der Waals surface area contributed by atoms with Gasteiger partial charge < -0.3 is 10.1 Å². The number of amides is 2. The van der Waals surface area contributed by atoms with Crippen LogP contribution in [0.25, 0.3) is 5.57 Å². The first kappa shape index (κ1) is 21.2. The Morgan fingerprint density at radius 2 is 1.84 bits per heavy atom. The van der Waals surface area contributed by atoms with Gasteiger partial charge in [-0.3, -0.25) is 14.5 Å². The third-order valence-corrected chi connectivity index (χ3v) is 6.30. The Balaban J connectivity index is 1.61. The van der Waals surface area contributed by atoms with Gasteiger partial charge in [-0.1, -0.05) is 35.9 Å². The highest BCUT2D eigenvalue weighted by molar-refractivity contribution is 7.11. The number of anilines is 1. The van der Waals surface area contributed by atoms with E-state index in [0.29, 0.717) is 29.2 Å². The maximum atomic E-state index is 13.3. The highest BCUT2D eigenvalue weighted by atomic mass is 35.5. The molecule has 0 spiro atoms. The van der Waals surface area contributed by atoms with Crippen LogP contribution < -0.4 is 10.1 Å². The van der Waals surface area contributed by atoms with E-state index >= 15 is 0 Å². The zero-order chi connectivity index (χ0) is 22.0. The van der Waals surface area contributed by atoms with Gasteiger partial charge in [-0.25, -0.2) is 0 Å². The third-order valence-electron chi connectivity index (χ3n) is 5.18. The van der Waals surface area contributed by atoms with Crippen molar-refractivity contribution >= 4 is 46.0 Å². The number of nitrogens with one attached hydrogen (secondary N) is 1. The molecule has 5 nitrogen and oxygen atoms in total. The van der Waals surface area contributed by atoms with Gasteiger partial charge in [0.05, 0.1) is 12.7 Å². The molecule has 0 radical (unpaired) electrons.